The molecule has 0 fully saturated rings. The van der Waals surface area contributed by atoms with Gasteiger partial charge in [0.2, 0.25) is 0 Å². The van der Waals surface area contributed by atoms with Crippen LogP contribution in [0.5, 0.6) is 5.75 Å². The number of aliphatic hydroxyl groups excluding tert-OH is 2. The van der Waals surface area contributed by atoms with Crippen molar-refractivity contribution in [1.82, 2.24) is 4.90 Å². The van der Waals surface area contributed by atoms with Gasteiger partial charge in [-0.15, -0.1) is 0 Å². The SMILES string of the molecule is CCOc1ccc(CN(C)C(CO)CO)cc1F. The molecule has 0 saturated heterocycles. The zero-order valence-corrected chi connectivity index (χ0v) is 10.8. The fraction of sp³-hybridized carbons (Fsp3) is 0.538. The van der Waals surface area contributed by atoms with Gasteiger partial charge >= 0.3 is 0 Å². The molecule has 102 valence electrons. The monoisotopic (exact) mass is 257 g/mol. The predicted octanol–water partition coefficient (Wildman–Crippen LogP) is 1.01. The van der Waals surface area contributed by atoms with E-state index in [4.69, 9.17) is 14.9 Å². The molecule has 2 N–H and O–H groups in total. The second-order valence-electron chi connectivity index (χ2n) is 4.13. The maximum absolute atomic E-state index is 13.6. The quantitative estimate of drug-likeness (QED) is 0.765. The third kappa shape index (κ3) is 3.94. The molecule has 0 aliphatic rings. The van der Waals surface area contributed by atoms with Crippen molar-refractivity contribution in [3.05, 3.63) is 29.6 Å². The lowest BCUT2D eigenvalue weighted by molar-refractivity contribution is 0.0873. The average Bonchev–Trinajstić information content (AvgIpc) is 2.34. The summed E-state index contributed by atoms with van der Waals surface area (Å²) in [6.45, 7) is 2.41. The van der Waals surface area contributed by atoms with Crippen LogP contribution in [0.1, 0.15) is 12.5 Å². The van der Waals surface area contributed by atoms with Gasteiger partial charge in [-0.25, -0.2) is 4.39 Å². The van der Waals surface area contributed by atoms with Gasteiger partial charge in [-0.2, -0.15) is 0 Å². The van der Waals surface area contributed by atoms with E-state index in [1.54, 1.807) is 31.0 Å². The highest BCUT2D eigenvalue weighted by Gasteiger charge is 2.13. The number of nitrogens with zero attached hydrogens (tertiary/aromatic N) is 1. The van der Waals surface area contributed by atoms with E-state index in [0.717, 1.165) is 5.56 Å². The Hall–Kier alpha value is -1.17. The molecule has 0 aromatic heterocycles. The van der Waals surface area contributed by atoms with E-state index in [-0.39, 0.29) is 25.0 Å². The Morgan fingerprint density at radius 3 is 2.50 bits per heavy atom. The van der Waals surface area contributed by atoms with Gasteiger partial charge in [0.1, 0.15) is 0 Å². The zero-order valence-electron chi connectivity index (χ0n) is 10.8. The molecule has 5 heteroatoms. The van der Waals surface area contributed by atoms with Gasteiger partial charge in [0, 0.05) is 6.54 Å². The van der Waals surface area contributed by atoms with Crippen molar-refractivity contribution in [1.29, 1.82) is 0 Å². The molecule has 0 aliphatic heterocycles. The number of benzene rings is 1. The minimum Gasteiger partial charge on any atom is -0.491 e. The van der Waals surface area contributed by atoms with Crippen LogP contribution in [0.4, 0.5) is 4.39 Å². The molecule has 1 aromatic rings. The Morgan fingerprint density at radius 1 is 1.33 bits per heavy atom. The third-order valence-electron chi connectivity index (χ3n) is 2.77. The summed E-state index contributed by atoms with van der Waals surface area (Å²) in [6, 6.07) is 4.44. The van der Waals surface area contributed by atoms with Crippen LogP contribution in [0.2, 0.25) is 0 Å². The highest BCUT2D eigenvalue weighted by molar-refractivity contribution is 5.29. The first-order valence-electron chi connectivity index (χ1n) is 5.95. The molecule has 0 amide bonds. The largest absolute Gasteiger partial charge is 0.491 e. The minimum atomic E-state index is -0.396. The highest BCUT2D eigenvalue weighted by Crippen LogP contribution is 2.19. The van der Waals surface area contributed by atoms with E-state index >= 15 is 0 Å². The summed E-state index contributed by atoms with van der Waals surface area (Å²) in [5, 5.41) is 18.1. The molecule has 1 rings (SSSR count). The number of ether oxygens (including phenoxy) is 1. The molecule has 0 atom stereocenters. The molecular weight excluding hydrogens is 237 g/mol. The van der Waals surface area contributed by atoms with Gasteiger partial charge in [-0.1, -0.05) is 6.07 Å². The number of aliphatic hydroxyl groups is 2. The van der Waals surface area contributed by atoms with Crippen molar-refractivity contribution in [3.8, 4) is 5.75 Å². The summed E-state index contributed by atoms with van der Waals surface area (Å²) in [5.41, 5.74) is 0.769. The molecule has 0 saturated carbocycles. The molecule has 0 heterocycles. The molecule has 0 aliphatic carbocycles. The van der Waals surface area contributed by atoms with E-state index in [0.29, 0.717) is 13.2 Å². The summed E-state index contributed by atoms with van der Waals surface area (Å²) in [5.74, 6) is -0.155. The van der Waals surface area contributed by atoms with E-state index in [9.17, 15) is 4.39 Å². The standard InChI is InChI=1S/C13H20FNO3/c1-3-18-13-5-4-10(6-12(13)14)7-15(2)11(8-16)9-17/h4-6,11,16-17H,3,7-9H2,1-2H3. The molecule has 0 unspecified atom stereocenters. The van der Waals surface area contributed by atoms with Crippen LogP contribution in [-0.2, 0) is 6.54 Å². The molecule has 0 spiro atoms. The Balaban J connectivity index is 2.70. The van der Waals surface area contributed by atoms with Gasteiger partial charge in [0.05, 0.1) is 25.9 Å². The summed E-state index contributed by atoms with van der Waals surface area (Å²) < 4.78 is 18.7. The van der Waals surface area contributed by atoms with Crippen molar-refractivity contribution < 1.29 is 19.3 Å². The maximum atomic E-state index is 13.6. The first-order valence-corrected chi connectivity index (χ1v) is 5.95. The van der Waals surface area contributed by atoms with Gasteiger partial charge in [-0.3, -0.25) is 4.90 Å². The average molecular weight is 257 g/mol. The number of halogens is 1. The Morgan fingerprint density at radius 2 is 2.00 bits per heavy atom. The third-order valence-corrected chi connectivity index (χ3v) is 2.77. The smallest absolute Gasteiger partial charge is 0.165 e. The first kappa shape index (κ1) is 14.9. The van der Waals surface area contributed by atoms with E-state index in [1.807, 2.05) is 0 Å². The Bertz CT molecular complexity index is 369. The molecule has 0 bridgehead atoms. The van der Waals surface area contributed by atoms with Gasteiger partial charge in [-0.05, 0) is 31.7 Å². The van der Waals surface area contributed by atoms with E-state index in [1.165, 1.54) is 6.07 Å². The van der Waals surface area contributed by atoms with Crippen LogP contribution in [0.25, 0.3) is 0 Å². The molecule has 1 aromatic carbocycles. The maximum Gasteiger partial charge on any atom is 0.165 e. The van der Waals surface area contributed by atoms with Crippen molar-refractivity contribution in [3.63, 3.8) is 0 Å². The van der Waals surface area contributed by atoms with Crippen LogP contribution in [-0.4, -0.2) is 48.0 Å². The Labute approximate surface area is 107 Å². The summed E-state index contributed by atoms with van der Waals surface area (Å²) in [7, 11) is 1.77. The summed E-state index contributed by atoms with van der Waals surface area (Å²) in [4.78, 5) is 1.77. The number of hydrogen-bond donors (Lipinski definition) is 2. The van der Waals surface area contributed by atoms with Gasteiger partial charge in [0.15, 0.2) is 11.6 Å². The van der Waals surface area contributed by atoms with Crippen LogP contribution < -0.4 is 4.74 Å². The lowest BCUT2D eigenvalue weighted by Crippen LogP contribution is -2.37. The summed E-state index contributed by atoms with van der Waals surface area (Å²) >= 11 is 0. The lowest BCUT2D eigenvalue weighted by Gasteiger charge is -2.24. The van der Waals surface area contributed by atoms with Crippen molar-refractivity contribution in [2.45, 2.75) is 19.5 Å². The molecule has 4 nitrogen and oxygen atoms in total. The zero-order chi connectivity index (χ0) is 13.5. The second-order valence-corrected chi connectivity index (χ2v) is 4.13. The summed E-state index contributed by atoms with van der Waals surface area (Å²) in [6.07, 6.45) is 0. The van der Waals surface area contributed by atoms with Crippen LogP contribution in [0.15, 0.2) is 18.2 Å². The number of likely N-dealkylation sites (N-methyl/N-ethyl adjacent to an activating group) is 1. The fourth-order valence-electron chi connectivity index (χ4n) is 1.67. The Kier molecular flexibility index (Phi) is 6.04. The normalized spacial score (nSPS) is 11.3. The van der Waals surface area contributed by atoms with Crippen molar-refractivity contribution in [2.75, 3.05) is 26.9 Å². The minimum absolute atomic E-state index is 0.132. The highest BCUT2D eigenvalue weighted by atomic mass is 19.1. The van der Waals surface area contributed by atoms with Crippen molar-refractivity contribution >= 4 is 0 Å². The second kappa shape index (κ2) is 7.31. The molecular formula is C13H20FNO3. The first-order chi connectivity index (χ1) is 8.62. The fourth-order valence-corrected chi connectivity index (χ4v) is 1.67. The van der Waals surface area contributed by atoms with Crippen molar-refractivity contribution in [2.24, 2.45) is 0 Å². The lowest BCUT2D eigenvalue weighted by atomic mass is 10.1. The van der Waals surface area contributed by atoms with E-state index < -0.39 is 5.82 Å². The topological polar surface area (TPSA) is 52.9 Å². The number of hydrogen-bond acceptors (Lipinski definition) is 4. The molecule has 0 radical (unpaired) electrons. The predicted molar refractivity (Wildman–Crippen MR) is 67.0 cm³/mol. The van der Waals surface area contributed by atoms with E-state index in [2.05, 4.69) is 0 Å². The van der Waals surface area contributed by atoms with Gasteiger partial charge in [0.25, 0.3) is 0 Å². The van der Waals surface area contributed by atoms with Gasteiger partial charge < -0.3 is 14.9 Å². The van der Waals surface area contributed by atoms with Crippen LogP contribution in [0, 0.1) is 5.82 Å². The van der Waals surface area contributed by atoms with Crippen LogP contribution in [0.3, 0.4) is 0 Å². The number of rotatable bonds is 7. The molecule has 18 heavy (non-hydrogen) atoms. The van der Waals surface area contributed by atoms with Crippen LogP contribution >= 0.6 is 0 Å².